The maximum Gasteiger partial charge on any atom is 0.223 e. The maximum absolute atomic E-state index is 12.5. The average Bonchev–Trinajstić information content (AvgIpc) is 3.19. The number of halogens is 1. The number of amides is 1. The Morgan fingerprint density at radius 3 is 2.62 bits per heavy atom. The highest BCUT2D eigenvalue weighted by molar-refractivity contribution is 6.30. The molecule has 0 aromatic heterocycles. The van der Waals surface area contributed by atoms with Gasteiger partial charge in [0.15, 0.2) is 0 Å². The molecule has 1 heterocycles. The summed E-state index contributed by atoms with van der Waals surface area (Å²) in [4.78, 5) is 14.6. The fourth-order valence-corrected chi connectivity index (χ4v) is 3.15. The monoisotopic (exact) mass is 306 g/mol. The molecule has 114 valence electrons. The molecule has 1 saturated carbocycles. The molecule has 1 N–H and O–H groups in total. The molecule has 4 heteroatoms. The van der Waals surface area contributed by atoms with E-state index in [0.717, 1.165) is 43.9 Å². The van der Waals surface area contributed by atoms with E-state index in [-0.39, 0.29) is 0 Å². The minimum atomic E-state index is 0.319. The third-order valence-corrected chi connectivity index (χ3v) is 4.75. The molecule has 2 fully saturated rings. The Morgan fingerprint density at radius 2 is 2.00 bits per heavy atom. The lowest BCUT2D eigenvalue weighted by molar-refractivity contribution is -0.132. The van der Waals surface area contributed by atoms with Crippen molar-refractivity contribution >= 4 is 17.5 Å². The first-order valence-electron chi connectivity index (χ1n) is 7.97. The third-order valence-electron chi connectivity index (χ3n) is 4.50. The number of carbonyl (C=O) groups is 1. The highest BCUT2D eigenvalue weighted by atomic mass is 35.5. The van der Waals surface area contributed by atoms with Crippen molar-refractivity contribution in [1.29, 1.82) is 0 Å². The van der Waals surface area contributed by atoms with Gasteiger partial charge in [-0.25, -0.2) is 0 Å². The minimum Gasteiger partial charge on any atom is -0.335 e. The summed E-state index contributed by atoms with van der Waals surface area (Å²) in [6, 6.07) is 8.31. The fourth-order valence-electron chi connectivity index (χ4n) is 3.03. The van der Waals surface area contributed by atoms with Crippen LogP contribution in [0.1, 0.15) is 37.7 Å². The highest BCUT2D eigenvalue weighted by Crippen LogP contribution is 2.30. The zero-order valence-electron chi connectivity index (χ0n) is 12.4. The molecule has 1 saturated heterocycles. The van der Waals surface area contributed by atoms with Crippen LogP contribution in [0, 0.1) is 5.92 Å². The molecule has 0 radical (unpaired) electrons. The fraction of sp³-hybridized carbons (Fsp3) is 0.588. The van der Waals surface area contributed by atoms with Crippen molar-refractivity contribution in [1.82, 2.24) is 10.2 Å². The lowest BCUT2D eigenvalue weighted by Gasteiger charge is -2.23. The van der Waals surface area contributed by atoms with E-state index < -0.39 is 0 Å². The van der Waals surface area contributed by atoms with Crippen molar-refractivity contribution in [3.8, 4) is 0 Å². The second-order valence-electron chi connectivity index (χ2n) is 6.28. The van der Waals surface area contributed by atoms with Crippen LogP contribution in [-0.4, -0.2) is 29.9 Å². The molecule has 1 amide bonds. The Hall–Kier alpha value is -1.06. The van der Waals surface area contributed by atoms with Gasteiger partial charge in [0.1, 0.15) is 0 Å². The quantitative estimate of drug-likeness (QED) is 0.875. The molecule has 1 unspecified atom stereocenters. The highest BCUT2D eigenvalue weighted by Gasteiger charge is 2.32. The van der Waals surface area contributed by atoms with E-state index in [2.05, 4.69) is 10.2 Å². The molecular formula is C17H23ClN2O. The molecule has 1 aromatic carbocycles. The molecule has 1 aliphatic carbocycles. The second-order valence-corrected chi connectivity index (χ2v) is 6.71. The Bertz CT molecular complexity index is 478. The first kappa shape index (κ1) is 14.9. The first-order valence-corrected chi connectivity index (χ1v) is 8.35. The van der Waals surface area contributed by atoms with E-state index in [1.165, 1.54) is 12.0 Å². The van der Waals surface area contributed by atoms with Crippen LogP contribution >= 0.6 is 11.6 Å². The van der Waals surface area contributed by atoms with Gasteiger partial charge in [-0.15, -0.1) is 0 Å². The van der Waals surface area contributed by atoms with E-state index in [0.29, 0.717) is 24.3 Å². The van der Waals surface area contributed by atoms with Gasteiger partial charge < -0.3 is 10.2 Å². The summed E-state index contributed by atoms with van der Waals surface area (Å²) in [5.41, 5.74) is 1.17. The number of rotatable bonds is 6. The topological polar surface area (TPSA) is 32.3 Å². The number of hydrogen-bond donors (Lipinski definition) is 1. The molecule has 3 rings (SSSR count). The van der Waals surface area contributed by atoms with Crippen LogP contribution in [0.25, 0.3) is 0 Å². The Balaban J connectivity index is 1.55. The lowest BCUT2D eigenvalue weighted by Crippen LogP contribution is -2.32. The number of nitrogens with zero attached hydrogens (tertiary/aromatic N) is 1. The zero-order valence-corrected chi connectivity index (χ0v) is 13.1. The van der Waals surface area contributed by atoms with E-state index in [9.17, 15) is 4.79 Å². The summed E-state index contributed by atoms with van der Waals surface area (Å²) in [6.45, 7) is 2.91. The summed E-state index contributed by atoms with van der Waals surface area (Å²) < 4.78 is 0. The molecule has 0 bridgehead atoms. The molecule has 1 aliphatic heterocycles. The predicted molar refractivity (Wildman–Crippen MR) is 85.2 cm³/mol. The van der Waals surface area contributed by atoms with Crippen molar-refractivity contribution in [2.45, 2.75) is 44.7 Å². The maximum atomic E-state index is 12.5. The SMILES string of the molecule is O=C(CCC1CCNC1)N(Cc1ccc(Cl)cc1)C1CC1. The van der Waals surface area contributed by atoms with Crippen molar-refractivity contribution in [3.05, 3.63) is 34.9 Å². The summed E-state index contributed by atoms with van der Waals surface area (Å²) in [5, 5.41) is 4.12. The summed E-state index contributed by atoms with van der Waals surface area (Å²) in [6.07, 6.45) is 5.24. The molecule has 1 aromatic rings. The van der Waals surface area contributed by atoms with Crippen LogP contribution in [0.2, 0.25) is 5.02 Å². The second kappa shape index (κ2) is 6.80. The van der Waals surface area contributed by atoms with Gasteiger partial charge >= 0.3 is 0 Å². The zero-order chi connectivity index (χ0) is 14.7. The van der Waals surface area contributed by atoms with Gasteiger partial charge in [0, 0.05) is 24.0 Å². The van der Waals surface area contributed by atoms with E-state index in [1.807, 2.05) is 24.3 Å². The van der Waals surface area contributed by atoms with Crippen LogP contribution in [0.5, 0.6) is 0 Å². The van der Waals surface area contributed by atoms with Gasteiger partial charge in [0.05, 0.1) is 0 Å². The first-order chi connectivity index (χ1) is 10.2. The van der Waals surface area contributed by atoms with Crippen LogP contribution < -0.4 is 5.32 Å². The number of benzene rings is 1. The van der Waals surface area contributed by atoms with Crippen molar-refractivity contribution < 1.29 is 4.79 Å². The summed E-state index contributed by atoms with van der Waals surface area (Å²) in [7, 11) is 0. The van der Waals surface area contributed by atoms with Crippen molar-refractivity contribution in [2.24, 2.45) is 5.92 Å². The normalized spacial score (nSPS) is 21.5. The Labute approximate surface area is 131 Å². The Kier molecular flexibility index (Phi) is 4.81. The van der Waals surface area contributed by atoms with Crippen LogP contribution in [0.4, 0.5) is 0 Å². The van der Waals surface area contributed by atoms with Gasteiger partial charge in [-0.2, -0.15) is 0 Å². The van der Waals surface area contributed by atoms with Gasteiger partial charge in [0.25, 0.3) is 0 Å². The molecule has 2 aliphatic rings. The summed E-state index contributed by atoms with van der Waals surface area (Å²) >= 11 is 5.92. The average molecular weight is 307 g/mol. The smallest absolute Gasteiger partial charge is 0.223 e. The largest absolute Gasteiger partial charge is 0.335 e. The molecule has 3 nitrogen and oxygen atoms in total. The molecule has 21 heavy (non-hydrogen) atoms. The van der Waals surface area contributed by atoms with E-state index in [1.54, 1.807) is 0 Å². The van der Waals surface area contributed by atoms with Crippen LogP contribution in [0.15, 0.2) is 24.3 Å². The minimum absolute atomic E-state index is 0.319. The van der Waals surface area contributed by atoms with Gasteiger partial charge in [-0.3, -0.25) is 4.79 Å². The van der Waals surface area contributed by atoms with Crippen molar-refractivity contribution in [3.63, 3.8) is 0 Å². The standard InChI is InChI=1S/C17H23ClN2O/c18-15-4-1-14(2-5-15)12-20(16-6-7-16)17(21)8-3-13-9-10-19-11-13/h1-2,4-5,13,16,19H,3,6-12H2. The molecular weight excluding hydrogens is 284 g/mol. The number of carbonyl (C=O) groups excluding carboxylic acids is 1. The molecule has 0 spiro atoms. The number of hydrogen-bond acceptors (Lipinski definition) is 2. The van der Waals surface area contributed by atoms with Gasteiger partial charge in [-0.1, -0.05) is 23.7 Å². The third kappa shape index (κ3) is 4.21. The molecule has 1 atom stereocenters. The van der Waals surface area contributed by atoms with Gasteiger partial charge in [0.2, 0.25) is 5.91 Å². The van der Waals surface area contributed by atoms with E-state index >= 15 is 0 Å². The Morgan fingerprint density at radius 1 is 1.24 bits per heavy atom. The predicted octanol–water partition coefficient (Wildman–Crippen LogP) is 3.22. The van der Waals surface area contributed by atoms with Gasteiger partial charge in [-0.05, 0) is 62.4 Å². The lowest BCUT2D eigenvalue weighted by atomic mass is 10.0. The van der Waals surface area contributed by atoms with Crippen LogP contribution in [0.3, 0.4) is 0 Å². The summed E-state index contributed by atoms with van der Waals surface area (Å²) in [5.74, 6) is 1.00. The van der Waals surface area contributed by atoms with Crippen molar-refractivity contribution in [2.75, 3.05) is 13.1 Å². The van der Waals surface area contributed by atoms with E-state index in [4.69, 9.17) is 11.6 Å². The number of nitrogens with one attached hydrogen (secondary N) is 1. The van der Waals surface area contributed by atoms with Crippen LogP contribution in [-0.2, 0) is 11.3 Å².